The number of piperidine rings is 1. The van der Waals surface area contributed by atoms with Crippen molar-refractivity contribution in [3.63, 3.8) is 0 Å². The molecule has 1 fully saturated rings. The Kier molecular flexibility index (Phi) is 5.64. The molecule has 0 radical (unpaired) electrons. The van der Waals surface area contributed by atoms with Crippen LogP contribution in [0.1, 0.15) is 40.0 Å². The second-order valence-electron chi connectivity index (χ2n) is 5.33. The molecule has 0 saturated carbocycles. The predicted molar refractivity (Wildman–Crippen MR) is 70.8 cm³/mol. The minimum atomic E-state index is 0.756. The fraction of sp³-hybridized carbons (Fsp3) is 0.923. The maximum absolute atomic E-state index is 4.37. The molecule has 1 aliphatic heterocycles. The van der Waals surface area contributed by atoms with Gasteiger partial charge in [0.05, 0.1) is 0 Å². The number of guanidine groups is 1. The van der Waals surface area contributed by atoms with Crippen molar-refractivity contribution in [3.05, 3.63) is 0 Å². The number of aliphatic imine (C=N–C) groups is 1. The Labute approximate surface area is 100 Å². The van der Waals surface area contributed by atoms with E-state index in [0.717, 1.165) is 37.4 Å². The quantitative estimate of drug-likeness (QED) is 0.590. The molecule has 94 valence electrons. The Hall–Kier alpha value is -0.730. The molecule has 0 aromatic rings. The van der Waals surface area contributed by atoms with Gasteiger partial charge in [0, 0.05) is 26.7 Å². The smallest absolute Gasteiger partial charge is 0.193 e. The van der Waals surface area contributed by atoms with E-state index in [1.165, 1.54) is 19.3 Å². The first kappa shape index (κ1) is 13.3. The maximum atomic E-state index is 4.37. The minimum absolute atomic E-state index is 0.756. The summed E-state index contributed by atoms with van der Waals surface area (Å²) in [5.74, 6) is 2.73. The van der Waals surface area contributed by atoms with E-state index >= 15 is 0 Å². The second kappa shape index (κ2) is 6.77. The van der Waals surface area contributed by atoms with Crippen LogP contribution in [-0.4, -0.2) is 37.5 Å². The van der Waals surface area contributed by atoms with E-state index < -0.39 is 0 Å². The zero-order chi connectivity index (χ0) is 12.0. The molecule has 1 saturated heterocycles. The second-order valence-corrected chi connectivity index (χ2v) is 5.33. The Morgan fingerprint density at radius 1 is 1.38 bits per heavy atom. The first-order valence-electron chi connectivity index (χ1n) is 6.59. The van der Waals surface area contributed by atoms with Crippen LogP contribution in [-0.2, 0) is 0 Å². The van der Waals surface area contributed by atoms with Crippen molar-refractivity contribution < 1.29 is 0 Å². The molecule has 0 aromatic carbocycles. The third-order valence-electron chi connectivity index (χ3n) is 3.30. The normalized spacial score (nSPS) is 19.3. The lowest BCUT2D eigenvalue weighted by Crippen LogP contribution is -2.45. The zero-order valence-corrected chi connectivity index (χ0v) is 11.3. The van der Waals surface area contributed by atoms with Crippen LogP contribution in [0.3, 0.4) is 0 Å². The van der Waals surface area contributed by atoms with E-state index in [0.29, 0.717) is 0 Å². The van der Waals surface area contributed by atoms with Gasteiger partial charge in [-0.1, -0.05) is 20.8 Å². The van der Waals surface area contributed by atoms with Crippen molar-refractivity contribution in [1.82, 2.24) is 10.2 Å². The molecule has 0 atom stereocenters. The summed E-state index contributed by atoms with van der Waals surface area (Å²) in [5.41, 5.74) is 0. The molecule has 1 heterocycles. The standard InChI is InChI=1S/C13H27N3/c1-11(2)5-8-15-13(14-4)16-9-6-12(3)7-10-16/h11-12H,5-10H2,1-4H3,(H,14,15). The van der Waals surface area contributed by atoms with Crippen molar-refractivity contribution >= 4 is 5.96 Å². The Bertz CT molecular complexity index is 215. The van der Waals surface area contributed by atoms with Gasteiger partial charge < -0.3 is 10.2 Å². The highest BCUT2D eigenvalue weighted by molar-refractivity contribution is 5.79. The molecule has 1 aliphatic rings. The first-order chi connectivity index (χ1) is 7.63. The van der Waals surface area contributed by atoms with Crippen LogP contribution >= 0.6 is 0 Å². The molecular formula is C13H27N3. The van der Waals surface area contributed by atoms with Crippen molar-refractivity contribution in [2.75, 3.05) is 26.7 Å². The minimum Gasteiger partial charge on any atom is -0.356 e. The molecule has 3 heteroatoms. The van der Waals surface area contributed by atoms with Gasteiger partial charge in [0.1, 0.15) is 0 Å². The topological polar surface area (TPSA) is 27.6 Å². The fourth-order valence-corrected chi connectivity index (χ4v) is 2.03. The van der Waals surface area contributed by atoms with E-state index in [4.69, 9.17) is 0 Å². The van der Waals surface area contributed by atoms with Crippen LogP contribution in [0.5, 0.6) is 0 Å². The summed E-state index contributed by atoms with van der Waals surface area (Å²) in [5, 5.41) is 3.46. The molecule has 3 nitrogen and oxygen atoms in total. The Morgan fingerprint density at radius 3 is 2.50 bits per heavy atom. The van der Waals surface area contributed by atoms with Crippen LogP contribution < -0.4 is 5.32 Å². The monoisotopic (exact) mass is 225 g/mol. The molecular weight excluding hydrogens is 198 g/mol. The van der Waals surface area contributed by atoms with Crippen molar-refractivity contribution in [1.29, 1.82) is 0 Å². The Morgan fingerprint density at radius 2 is 2.00 bits per heavy atom. The maximum Gasteiger partial charge on any atom is 0.193 e. The number of nitrogens with one attached hydrogen (secondary N) is 1. The van der Waals surface area contributed by atoms with Gasteiger partial charge in [-0.2, -0.15) is 0 Å². The van der Waals surface area contributed by atoms with Gasteiger partial charge in [0.15, 0.2) is 5.96 Å². The van der Waals surface area contributed by atoms with Gasteiger partial charge in [0.25, 0.3) is 0 Å². The summed E-state index contributed by atoms with van der Waals surface area (Å²) in [6, 6.07) is 0. The van der Waals surface area contributed by atoms with Gasteiger partial charge in [-0.25, -0.2) is 0 Å². The van der Waals surface area contributed by atoms with Gasteiger partial charge >= 0.3 is 0 Å². The van der Waals surface area contributed by atoms with Gasteiger partial charge in [-0.15, -0.1) is 0 Å². The molecule has 0 amide bonds. The van der Waals surface area contributed by atoms with Gasteiger partial charge in [0.2, 0.25) is 0 Å². The molecule has 0 spiro atoms. The lowest BCUT2D eigenvalue weighted by molar-refractivity contribution is 0.273. The molecule has 0 unspecified atom stereocenters. The molecule has 0 aliphatic carbocycles. The highest BCUT2D eigenvalue weighted by Crippen LogP contribution is 2.15. The average molecular weight is 225 g/mol. The number of hydrogen-bond acceptors (Lipinski definition) is 1. The molecule has 1 rings (SSSR count). The van der Waals surface area contributed by atoms with E-state index in [-0.39, 0.29) is 0 Å². The summed E-state index contributed by atoms with van der Waals surface area (Å²) >= 11 is 0. The number of hydrogen-bond donors (Lipinski definition) is 1. The van der Waals surface area contributed by atoms with Crippen LogP contribution in [0.2, 0.25) is 0 Å². The van der Waals surface area contributed by atoms with Crippen molar-refractivity contribution in [2.45, 2.75) is 40.0 Å². The summed E-state index contributed by atoms with van der Waals surface area (Å²) in [4.78, 5) is 6.75. The van der Waals surface area contributed by atoms with Crippen LogP contribution in [0.4, 0.5) is 0 Å². The molecule has 0 bridgehead atoms. The summed E-state index contributed by atoms with van der Waals surface area (Å²) in [6.45, 7) is 10.2. The van der Waals surface area contributed by atoms with Crippen molar-refractivity contribution in [2.24, 2.45) is 16.8 Å². The highest BCUT2D eigenvalue weighted by atomic mass is 15.3. The summed E-state index contributed by atoms with van der Waals surface area (Å²) in [7, 11) is 1.88. The molecule has 1 N–H and O–H groups in total. The van der Waals surface area contributed by atoms with Crippen LogP contribution in [0.25, 0.3) is 0 Å². The first-order valence-corrected chi connectivity index (χ1v) is 6.59. The van der Waals surface area contributed by atoms with E-state index in [9.17, 15) is 0 Å². The van der Waals surface area contributed by atoms with E-state index in [1.54, 1.807) is 0 Å². The van der Waals surface area contributed by atoms with Crippen molar-refractivity contribution in [3.8, 4) is 0 Å². The number of likely N-dealkylation sites (tertiary alicyclic amines) is 1. The number of nitrogens with zero attached hydrogens (tertiary/aromatic N) is 2. The van der Waals surface area contributed by atoms with Crippen LogP contribution in [0.15, 0.2) is 4.99 Å². The predicted octanol–water partition coefficient (Wildman–Crippen LogP) is 2.34. The fourth-order valence-electron chi connectivity index (χ4n) is 2.03. The average Bonchev–Trinajstić information content (AvgIpc) is 2.26. The van der Waals surface area contributed by atoms with E-state index in [2.05, 4.69) is 36.0 Å². The third-order valence-corrected chi connectivity index (χ3v) is 3.30. The molecule has 16 heavy (non-hydrogen) atoms. The van der Waals surface area contributed by atoms with Crippen LogP contribution in [0, 0.1) is 11.8 Å². The van der Waals surface area contributed by atoms with Gasteiger partial charge in [-0.3, -0.25) is 4.99 Å². The largest absolute Gasteiger partial charge is 0.356 e. The zero-order valence-electron chi connectivity index (χ0n) is 11.3. The SMILES string of the molecule is CN=C(NCCC(C)C)N1CCC(C)CC1. The number of rotatable bonds is 3. The molecule has 0 aromatic heterocycles. The third kappa shape index (κ3) is 4.42. The Balaban J connectivity index is 2.31. The lowest BCUT2D eigenvalue weighted by atomic mass is 9.99. The summed E-state index contributed by atoms with van der Waals surface area (Å²) < 4.78 is 0. The lowest BCUT2D eigenvalue weighted by Gasteiger charge is -2.33. The van der Waals surface area contributed by atoms with Gasteiger partial charge in [-0.05, 0) is 31.1 Å². The summed E-state index contributed by atoms with van der Waals surface area (Å²) in [6.07, 6.45) is 3.80. The van der Waals surface area contributed by atoms with E-state index in [1.807, 2.05) is 7.05 Å². The highest BCUT2D eigenvalue weighted by Gasteiger charge is 2.18.